The zero-order valence-corrected chi connectivity index (χ0v) is 14.3. The molecule has 1 aromatic rings. The Morgan fingerprint density at radius 2 is 2.00 bits per heavy atom. The normalized spacial score (nSPS) is 28.3. The Bertz CT molecular complexity index is 645. The van der Waals surface area contributed by atoms with Gasteiger partial charge in [-0.1, -0.05) is 36.0 Å². The van der Waals surface area contributed by atoms with Gasteiger partial charge in [-0.3, -0.25) is 0 Å². The number of halogens is 1. The first-order valence-corrected chi connectivity index (χ1v) is 9.31. The van der Waals surface area contributed by atoms with Crippen molar-refractivity contribution in [2.45, 2.75) is 18.1 Å². The first kappa shape index (κ1) is 16.7. The second kappa shape index (κ2) is 5.83. The van der Waals surface area contributed by atoms with E-state index in [-0.39, 0.29) is 17.5 Å². The summed E-state index contributed by atoms with van der Waals surface area (Å²) in [4.78, 5) is 0.186. The Morgan fingerprint density at radius 3 is 2.43 bits per heavy atom. The highest BCUT2D eigenvalue weighted by atomic mass is 35.5. The van der Waals surface area contributed by atoms with Gasteiger partial charge in [0.1, 0.15) is 0 Å². The third-order valence-corrected chi connectivity index (χ3v) is 6.20. The maximum absolute atomic E-state index is 12.1. The van der Waals surface area contributed by atoms with Gasteiger partial charge in [0, 0.05) is 23.8 Å². The van der Waals surface area contributed by atoms with E-state index in [9.17, 15) is 8.42 Å². The fraction of sp³-hybridized carbons (Fsp3) is 0.500. The van der Waals surface area contributed by atoms with Crippen LogP contribution in [-0.4, -0.2) is 38.1 Å². The Morgan fingerprint density at radius 1 is 1.43 bits per heavy atom. The summed E-state index contributed by atoms with van der Waals surface area (Å²) in [6.07, 6.45) is 1.21. The smallest absolute Gasteiger partial charge is 0.152 e. The molecule has 1 aromatic carbocycles. The van der Waals surface area contributed by atoms with Crippen molar-refractivity contribution in [3.63, 3.8) is 0 Å². The molecule has 116 valence electrons. The number of rotatable bonds is 6. The second-order valence-electron chi connectivity index (χ2n) is 5.32. The van der Waals surface area contributed by atoms with Gasteiger partial charge in [0.25, 0.3) is 0 Å². The number of ether oxygens (including phenoxy) is 1. The monoisotopic (exact) mass is 347 g/mol. The van der Waals surface area contributed by atoms with Crippen LogP contribution in [0.1, 0.15) is 18.4 Å². The number of hydrogen-bond donors (Lipinski definition) is 1. The van der Waals surface area contributed by atoms with Crippen LogP contribution < -0.4 is 5.73 Å². The van der Waals surface area contributed by atoms with E-state index < -0.39 is 20.5 Å². The van der Waals surface area contributed by atoms with E-state index in [1.54, 1.807) is 12.1 Å². The zero-order valence-electron chi connectivity index (χ0n) is 11.9. The highest BCUT2D eigenvalue weighted by molar-refractivity contribution is 7.92. The van der Waals surface area contributed by atoms with Crippen LogP contribution >= 0.6 is 23.8 Å². The second-order valence-corrected chi connectivity index (χ2v) is 8.36. The molecule has 7 heteroatoms. The summed E-state index contributed by atoms with van der Waals surface area (Å²) in [5.74, 6) is -0.284. The molecule has 1 aliphatic rings. The molecule has 0 spiro atoms. The van der Waals surface area contributed by atoms with Gasteiger partial charge in [-0.2, -0.15) is 0 Å². The predicted molar refractivity (Wildman–Crippen MR) is 88.5 cm³/mol. The molecular formula is C14H18ClNO3S2. The summed E-state index contributed by atoms with van der Waals surface area (Å²) in [6, 6.07) is 7.10. The van der Waals surface area contributed by atoms with E-state index >= 15 is 0 Å². The minimum atomic E-state index is -3.30. The van der Waals surface area contributed by atoms with Crippen LogP contribution in [0.5, 0.6) is 0 Å². The molecule has 21 heavy (non-hydrogen) atoms. The first-order valence-electron chi connectivity index (χ1n) is 6.57. The predicted octanol–water partition coefficient (Wildman–Crippen LogP) is 2.16. The fourth-order valence-corrected chi connectivity index (χ4v) is 5.42. The van der Waals surface area contributed by atoms with E-state index in [1.807, 2.05) is 19.1 Å². The molecule has 0 bridgehead atoms. The molecule has 1 aliphatic carbocycles. The summed E-state index contributed by atoms with van der Waals surface area (Å²) in [7, 11) is -3.30. The lowest BCUT2D eigenvalue weighted by atomic mass is 10.00. The standard InChI is InChI=1S/C14H18ClNO3S2/c1-3-19-8-14(13(16)20)11(12(14)21(2,17)18)9-4-6-10(15)7-5-9/h4-7,11-12H,3,8H2,1-2H3,(H2,16,20)/t11-,12-,14-/m0/s1. The Balaban J connectivity index is 2.46. The van der Waals surface area contributed by atoms with Gasteiger partial charge >= 0.3 is 0 Å². The quantitative estimate of drug-likeness (QED) is 0.798. The number of hydrogen-bond acceptors (Lipinski definition) is 4. The third-order valence-electron chi connectivity index (χ3n) is 3.95. The fourth-order valence-electron chi connectivity index (χ4n) is 2.98. The minimum absolute atomic E-state index is 0.186. The molecule has 1 saturated carbocycles. The third kappa shape index (κ3) is 2.95. The van der Waals surface area contributed by atoms with Crippen molar-refractivity contribution >= 4 is 38.6 Å². The van der Waals surface area contributed by atoms with Crippen LogP contribution in [0.4, 0.5) is 0 Å². The topological polar surface area (TPSA) is 69.4 Å². The summed E-state index contributed by atoms with van der Waals surface area (Å²) < 4.78 is 29.7. The van der Waals surface area contributed by atoms with E-state index in [0.717, 1.165) is 5.56 Å². The number of benzene rings is 1. The first-order chi connectivity index (χ1) is 9.75. The number of sulfone groups is 1. The molecule has 0 radical (unpaired) electrons. The maximum Gasteiger partial charge on any atom is 0.152 e. The van der Waals surface area contributed by atoms with Crippen LogP contribution in [0.15, 0.2) is 24.3 Å². The van der Waals surface area contributed by atoms with Gasteiger partial charge < -0.3 is 10.5 Å². The Labute approximate surface area is 135 Å². The maximum atomic E-state index is 12.1. The molecule has 0 unspecified atom stereocenters. The van der Waals surface area contributed by atoms with E-state index in [0.29, 0.717) is 11.6 Å². The lowest BCUT2D eigenvalue weighted by Gasteiger charge is -2.16. The molecule has 0 heterocycles. The SMILES string of the molecule is CCOC[C@]1(C(N)=S)[C@@H](c2ccc(Cl)cc2)[C@@H]1S(C)(=O)=O. The summed E-state index contributed by atoms with van der Waals surface area (Å²) in [5, 5.41) is -0.0451. The lowest BCUT2D eigenvalue weighted by Crippen LogP contribution is -2.33. The van der Waals surface area contributed by atoms with Crippen LogP contribution in [0, 0.1) is 5.41 Å². The van der Waals surface area contributed by atoms with E-state index in [2.05, 4.69) is 0 Å². The molecule has 0 aromatic heterocycles. The summed E-state index contributed by atoms with van der Waals surface area (Å²) in [6.45, 7) is 2.54. The minimum Gasteiger partial charge on any atom is -0.393 e. The summed E-state index contributed by atoms with van der Waals surface area (Å²) >= 11 is 11.1. The molecule has 0 aliphatic heterocycles. The van der Waals surface area contributed by atoms with Crippen LogP contribution in [-0.2, 0) is 14.6 Å². The molecule has 0 saturated heterocycles. The van der Waals surface area contributed by atoms with Crippen LogP contribution in [0.2, 0.25) is 5.02 Å². The van der Waals surface area contributed by atoms with Crippen molar-refractivity contribution in [1.29, 1.82) is 0 Å². The Kier molecular flexibility index (Phi) is 4.63. The number of nitrogens with two attached hydrogens (primary N) is 1. The van der Waals surface area contributed by atoms with Crippen LogP contribution in [0.25, 0.3) is 0 Å². The lowest BCUT2D eigenvalue weighted by molar-refractivity contribution is 0.121. The van der Waals surface area contributed by atoms with Crippen molar-refractivity contribution in [3.8, 4) is 0 Å². The Hall–Kier alpha value is -0.690. The molecule has 2 rings (SSSR count). The van der Waals surface area contributed by atoms with Crippen molar-refractivity contribution in [2.75, 3.05) is 19.5 Å². The highest BCUT2D eigenvalue weighted by Crippen LogP contribution is 2.63. The molecule has 4 nitrogen and oxygen atoms in total. The van der Waals surface area contributed by atoms with E-state index in [4.69, 9.17) is 34.3 Å². The molecule has 2 N–H and O–H groups in total. The van der Waals surface area contributed by atoms with Gasteiger partial charge in [0.15, 0.2) is 9.84 Å². The van der Waals surface area contributed by atoms with Crippen molar-refractivity contribution < 1.29 is 13.2 Å². The number of thiocarbonyl (C=S) groups is 1. The van der Waals surface area contributed by atoms with Gasteiger partial charge in [-0.15, -0.1) is 0 Å². The molecule has 1 fully saturated rings. The van der Waals surface area contributed by atoms with Gasteiger partial charge in [-0.25, -0.2) is 8.42 Å². The zero-order chi connectivity index (χ0) is 15.8. The molecule has 0 amide bonds. The van der Waals surface area contributed by atoms with Gasteiger partial charge in [0.05, 0.1) is 22.3 Å². The van der Waals surface area contributed by atoms with Crippen molar-refractivity contribution in [3.05, 3.63) is 34.9 Å². The van der Waals surface area contributed by atoms with Crippen molar-refractivity contribution in [2.24, 2.45) is 11.1 Å². The van der Waals surface area contributed by atoms with E-state index in [1.165, 1.54) is 6.26 Å². The average molecular weight is 348 g/mol. The van der Waals surface area contributed by atoms with Crippen molar-refractivity contribution in [1.82, 2.24) is 0 Å². The summed E-state index contributed by atoms with van der Waals surface area (Å²) in [5.41, 5.74) is 5.92. The van der Waals surface area contributed by atoms with Crippen LogP contribution in [0.3, 0.4) is 0 Å². The largest absolute Gasteiger partial charge is 0.393 e. The van der Waals surface area contributed by atoms with Gasteiger partial charge in [0.2, 0.25) is 0 Å². The average Bonchev–Trinajstić information content (AvgIpc) is 3.08. The molecular weight excluding hydrogens is 330 g/mol. The molecule has 3 atom stereocenters. The van der Waals surface area contributed by atoms with Gasteiger partial charge in [-0.05, 0) is 24.6 Å². The highest BCUT2D eigenvalue weighted by Gasteiger charge is 2.71.